The first kappa shape index (κ1) is 17.4. The summed E-state index contributed by atoms with van der Waals surface area (Å²) >= 11 is 0. The summed E-state index contributed by atoms with van der Waals surface area (Å²) in [4.78, 5) is 14.2. The Balaban J connectivity index is 1.42. The second-order valence-electron chi connectivity index (χ2n) is 7.09. The van der Waals surface area contributed by atoms with Crippen LogP contribution < -0.4 is 0 Å². The zero-order chi connectivity index (χ0) is 17.0. The lowest BCUT2D eigenvalue weighted by Gasteiger charge is -2.34. The van der Waals surface area contributed by atoms with E-state index in [1.54, 1.807) is 18.2 Å². The maximum atomic E-state index is 13.6. The number of likely N-dealkylation sites (tertiary alicyclic amines) is 1. The molecule has 1 N–H and O–H groups in total. The molecule has 1 saturated carbocycles. The van der Waals surface area contributed by atoms with Gasteiger partial charge in [-0.3, -0.25) is 4.79 Å². The summed E-state index contributed by atoms with van der Waals surface area (Å²) in [5, 5.41) is 10.4. The molecule has 0 atom stereocenters. The molecule has 1 aromatic rings. The highest BCUT2D eigenvalue weighted by Crippen LogP contribution is 2.33. The lowest BCUT2D eigenvalue weighted by Crippen LogP contribution is -2.43. The lowest BCUT2D eigenvalue weighted by molar-refractivity contribution is -0.139. The number of carbonyl (C=O) groups excluding carboxylic acids is 1. The summed E-state index contributed by atoms with van der Waals surface area (Å²) in [5.41, 5.74) is -0.214. The number of piperidine rings is 1. The molecular weight excluding hydrogens is 309 g/mol. The van der Waals surface area contributed by atoms with Gasteiger partial charge in [-0.05, 0) is 31.7 Å². The molecule has 1 amide bonds. The first-order chi connectivity index (χ1) is 11.6. The van der Waals surface area contributed by atoms with E-state index in [0.29, 0.717) is 18.7 Å². The van der Waals surface area contributed by atoms with E-state index < -0.39 is 5.60 Å². The van der Waals surface area contributed by atoms with Crippen molar-refractivity contribution in [3.05, 3.63) is 35.6 Å². The average Bonchev–Trinajstić information content (AvgIpc) is 3.00. The largest absolute Gasteiger partial charge is 0.389 e. The summed E-state index contributed by atoms with van der Waals surface area (Å²) in [6.07, 6.45) is 5.32. The number of nitrogens with zero attached hydrogens (tertiary/aromatic N) is 1. The number of ether oxygens (including phenoxy) is 1. The summed E-state index contributed by atoms with van der Waals surface area (Å²) in [6.45, 7) is 1.57. The summed E-state index contributed by atoms with van der Waals surface area (Å²) in [5.74, 6) is -0.193. The predicted octanol–water partition coefficient (Wildman–Crippen LogP) is 3.03. The van der Waals surface area contributed by atoms with Crippen molar-refractivity contribution in [1.29, 1.82) is 0 Å². The van der Waals surface area contributed by atoms with Crippen molar-refractivity contribution in [2.75, 3.05) is 13.1 Å². The van der Waals surface area contributed by atoms with Crippen molar-refractivity contribution in [3.63, 3.8) is 0 Å². The van der Waals surface area contributed by atoms with Crippen molar-refractivity contribution in [3.8, 4) is 0 Å². The van der Waals surface area contributed by atoms with Crippen LogP contribution in [0.15, 0.2) is 24.3 Å². The highest BCUT2D eigenvalue weighted by atomic mass is 19.1. The molecular formula is C19H26FNO3. The van der Waals surface area contributed by atoms with Gasteiger partial charge in [0.25, 0.3) is 0 Å². The summed E-state index contributed by atoms with van der Waals surface area (Å²) < 4.78 is 19.4. The van der Waals surface area contributed by atoms with E-state index >= 15 is 0 Å². The molecule has 2 fully saturated rings. The first-order valence-corrected chi connectivity index (χ1v) is 8.91. The van der Waals surface area contributed by atoms with Crippen LogP contribution >= 0.6 is 0 Å². The molecule has 1 aliphatic heterocycles. The minimum atomic E-state index is -0.782. The molecule has 0 radical (unpaired) electrons. The molecule has 1 aliphatic carbocycles. The maximum Gasteiger partial charge on any atom is 0.225 e. The van der Waals surface area contributed by atoms with Crippen LogP contribution in [0.4, 0.5) is 4.39 Å². The van der Waals surface area contributed by atoms with Crippen LogP contribution in [0.2, 0.25) is 0 Å². The van der Waals surface area contributed by atoms with Crippen LogP contribution in [0.3, 0.4) is 0 Å². The molecule has 1 heterocycles. The lowest BCUT2D eigenvalue weighted by atomic mass is 9.96. The zero-order valence-corrected chi connectivity index (χ0v) is 14.0. The fourth-order valence-corrected chi connectivity index (χ4v) is 3.70. The molecule has 132 valence electrons. The third-order valence-electron chi connectivity index (χ3n) is 5.24. The smallest absolute Gasteiger partial charge is 0.225 e. The highest BCUT2D eigenvalue weighted by Gasteiger charge is 2.35. The molecule has 2 aliphatic rings. The standard InChI is InChI=1S/C19H26FNO3/c20-17-6-2-1-5-15(17)14-24-16-7-11-21(12-8-16)18(22)13-19(23)9-3-4-10-19/h1-2,5-6,16,23H,3-4,7-14H2. The summed E-state index contributed by atoms with van der Waals surface area (Å²) in [6, 6.07) is 6.64. The van der Waals surface area contributed by atoms with Gasteiger partial charge >= 0.3 is 0 Å². The number of halogens is 1. The van der Waals surface area contributed by atoms with Gasteiger partial charge in [-0.25, -0.2) is 4.39 Å². The van der Waals surface area contributed by atoms with Crippen molar-refractivity contribution < 1.29 is 19.0 Å². The molecule has 4 nitrogen and oxygen atoms in total. The Labute approximate surface area is 142 Å². The van der Waals surface area contributed by atoms with Crippen molar-refractivity contribution >= 4 is 5.91 Å². The Morgan fingerprint density at radius 2 is 1.92 bits per heavy atom. The van der Waals surface area contributed by atoms with Crippen LogP contribution in [0.25, 0.3) is 0 Å². The average molecular weight is 335 g/mol. The monoisotopic (exact) mass is 335 g/mol. The van der Waals surface area contributed by atoms with E-state index in [4.69, 9.17) is 4.74 Å². The second-order valence-corrected chi connectivity index (χ2v) is 7.09. The minimum Gasteiger partial charge on any atom is -0.389 e. The van der Waals surface area contributed by atoms with Crippen LogP contribution in [-0.2, 0) is 16.1 Å². The van der Waals surface area contributed by atoms with Gasteiger partial charge < -0.3 is 14.7 Å². The van der Waals surface area contributed by atoms with E-state index in [1.807, 2.05) is 4.90 Å². The van der Waals surface area contributed by atoms with Crippen LogP contribution in [0, 0.1) is 5.82 Å². The first-order valence-electron chi connectivity index (χ1n) is 8.91. The molecule has 24 heavy (non-hydrogen) atoms. The normalized spacial score (nSPS) is 21.2. The molecule has 5 heteroatoms. The number of hydrogen-bond donors (Lipinski definition) is 1. The van der Waals surface area contributed by atoms with E-state index in [1.165, 1.54) is 6.07 Å². The number of carbonyl (C=O) groups is 1. The van der Waals surface area contributed by atoms with E-state index in [2.05, 4.69) is 0 Å². The van der Waals surface area contributed by atoms with Gasteiger partial charge in [-0.15, -0.1) is 0 Å². The van der Waals surface area contributed by atoms with Gasteiger partial charge in [-0.2, -0.15) is 0 Å². The van der Waals surface area contributed by atoms with Crippen LogP contribution in [0.1, 0.15) is 50.5 Å². The van der Waals surface area contributed by atoms with E-state index in [0.717, 1.165) is 38.5 Å². The Bertz CT molecular complexity index is 563. The summed E-state index contributed by atoms with van der Waals surface area (Å²) in [7, 11) is 0. The molecule has 1 aromatic carbocycles. The molecule has 1 saturated heterocycles. The SMILES string of the molecule is O=C(CC1(O)CCCC1)N1CCC(OCc2ccccc2F)CC1. The molecule has 0 unspecified atom stereocenters. The van der Waals surface area contributed by atoms with Gasteiger partial charge in [0.05, 0.1) is 24.7 Å². The fraction of sp³-hybridized carbons (Fsp3) is 0.632. The highest BCUT2D eigenvalue weighted by molar-refractivity contribution is 5.77. The number of benzene rings is 1. The molecule has 3 rings (SSSR count). The minimum absolute atomic E-state index is 0.0481. The van der Waals surface area contributed by atoms with Crippen molar-refractivity contribution in [1.82, 2.24) is 4.90 Å². The van der Waals surface area contributed by atoms with Crippen LogP contribution in [-0.4, -0.2) is 40.7 Å². The van der Waals surface area contributed by atoms with Gasteiger partial charge in [0, 0.05) is 18.7 Å². The molecule has 0 spiro atoms. The molecule has 0 bridgehead atoms. The zero-order valence-electron chi connectivity index (χ0n) is 14.0. The van der Waals surface area contributed by atoms with Gasteiger partial charge in [0.1, 0.15) is 5.82 Å². The van der Waals surface area contributed by atoms with Crippen molar-refractivity contribution in [2.24, 2.45) is 0 Å². The number of rotatable bonds is 5. The van der Waals surface area contributed by atoms with Gasteiger partial charge in [0.2, 0.25) is 5.91 Å². The Morgan fingerprint density at radius 1 is 1.25 bits per heavy atom. The number of amides is 1. The van der Waals surface area contributed by atoms with E-state index in [-0.39, 0.29) is 30.9 Å². The van der Waals surface area contributed by atoms with Crippen molar-refractivity contribution in [2.45, 2.75) is 63.3 Å². The maximum absolute atomic E-state index is 13.6. The topological polar surface area (TPSA) is 49.8 Å². The predicted molar refractivity (Wildman–Crippen MR) is 88.8 cm³/mol. The Hall–Kier alpha value is -1.46. The number of aliphatic hydroxyl groups is 1. The third kappa shape index (κ3) is 4.33. The Kier molecular flexibility index (Phi) is 5.51. The Morgan fingerprint density at radius 3 is 2.58 bits per heavy atom. The fourth-order valence-electron chi connectivity index (χ4n) is 3.70. The number of hydrogen-bond acceptors (Lipinski definition) is 3. The van der Waals surface area contributed by atoms with E-state index in [9.17, 15) is 14.3 Å². The third-order valence-corrected chi connectivity index (χ3v) is 5.24. The van der Waals surface area contributed by atoms with Gasteiger partial charge in [-0.1, -0.05) is 31.0 Å². The van der Waals surface area contributed by atoms with Gasteiger partial charge in [0.15, 0.2) is 0 Å². The van der Waals surface area contributed by atoms with Crippen LogP contribution in [0.5, 0.6) is 0 Å². The second kappa shape index (κ2) is 7.62. The molecule has 0 aromatic heterocycles. The quantitative estimate of drug-likeness (QED) is 0.900.